The van der Waals surface area contributed by atoms with Crippen LogP contribution in [0.1, 0.15) is 303 Å². The predicted octanol–water partition coefficient (Wildman–Crippen LogP) is 23.9. The Balaban J connectivity index is 4.09. The van der Waals surface area contributed by atoms with E-state index in [4.69, 9.17) is 14.2 Å². The van der Waals surface area contributed by atoms with Gasteiger partial charge in [0.15, 0.2) is 6.10 Å². The average Bonchev–Trinajstić information content (AvgIpc) is 3.49. The molecule has 0 aliphatic carbocycles. The monoisotopic (exact) mass is 1150 g/mol. The summed E-state index contributed by atoms with van der Waals surface area (Å²) in [6.07, 6.45) is 101. The van der Waals surface area contributed by atoms with E-state index in [-0.39, 0.29) is 31.1 Å². The Morgan fingerprint density at radius 2 is 0.470 bits per heavy atom. The third-order valence-corrected chi connectivity index (χ3v) is 14.3. The molecule has 0 saturated carbocycles. The quantitative estimate of drug-likeness (QED) is 0.0261. The van der Waals surface area contributed by atoms with E-state index in [1.807, 2.05) is 0 Å². The molecule has 0 N–H and O–H groups in total. The number of esters is 3. The van der Waals surface area contributed by atoms with Crippen molar-refractivity contribution < 1.29 is 28.6 Å². The standard InChI is InChI=1S/C77H126O6/c1-4-7-10-13-15-17-19-21-23-25-27-29-31-33-34-35-36-37-38-39-40-41-42-44-45-47-49-51-53-55-57-59-61-64-67-70-76(79)82-73-74(72-81-75(78)69-66-63-12-9-6-3)83-77(80)71-68-65-62-60-58-56-54-52-50-48-46-43-32-30-28-26-24-22-20-18-16-14-11-8-5-2/h7,10,15,17,20-23,26-29,32-34,36-37,39-40,42-44,47,49,74H,4-6,8-9,11-14,16,18-19,24-25,30-31,35,38,41,45-46,48,50-73H2,1-3H3/b10-7-,17-15-,22-20-,23-21-,28-26-,29-27-,34-33-,37-36-,40-39-,43-32-,44-42-,49-47-. The number of hydrogen-bond acceptors (Lipinski definition) is 6. The molecule has 470 valence electrons. The summed E-state index contributed by atoms with van der Waals surface area (Å²) in [7, 11) is 0. The topological polar surface area (TPSA) is 78.9 Å². The van der Waals surface area contributed by atoms with Gasteiger partial charge in [0, 0.05) is 19.3 Å². The molecule has 83 heavy (non-hydrogen) atoms. The first-order valence-corrected chi connectivity index (χ1v) is 34.3. The second-order valence-electron chi connectivity index (χ2n) is 22.4. The Kier molecular flexibility index (Phi) is 65.8. The fourth-order valence-corrected chi connectivity index (χ4v) is 9.21. The maximum absolute atomic E-state index is 12.9. The van der Waals surface area contributed by atoms with Gasteiger partial charge in [-0.15, -0.1) is 0 Å². The zero-order valence-electron chi connectivity index (χ0n) is 53.9. The van der Waals surface area contributed by atoms with Crippen LogP contribution in [-0.4, -0.2) is 37.2 Å². The number of rotatable bonds is 61. The lowest BCUT2D eigenvalue weighted by Crippen LogP contribution is -2.30. The molecule has 1 unspecified atom stereocenters. The van der Waals surface area contributed by atoms with E-state index in [0.717, 1.165) is 141 Å². The van der Waals surface area contributed by atoms with Crippen LogP contribution in [0.15, 0.2) is 146 Å². The first-order valence-electron chi connectivity index (χ1n) is 34.3. The fraction of sp³-hybridized carbons (Fsp3) is 0.649. The Bertz CT molecular complexity index is 1800. The van der Waals surface area contributed by atoms with E-state index in [0.29, 0.717) is 19.3 Å². The van der Waals surface area contributed by atoms with E-state index < -0.39 is 6.10 Å². The molecule has 0 rings (SSSR count). The molecular formula is C77H126O6. The van der Waals surface area contributed by atoms with Crippen molar-refractivity contribution in [2.24, 2.45) is 0 Å². The lowest BCUT2D eigenvalue weighted by atomic mass is 10.0. The number of carbonyl (C=O) groups excluding carboxylic acids is 3. The van der Waals surface area contributed by atoms with Crippen LogP contribution >= 0.6 is 0 Å². The molecule has 0 amide bonds. The van der Waals surface area contributed by atoms with Crippen LogP contribution in [0.25, 0.3) is 0 Å². The second-order valence-corrected chi connectivity index (χ2v) is 22.4. The number of allylic oxidation sites excluding steroid dienone is 24. The summed E-state index contributed by atoms with van der Waals surface area (Å²) < 4.78 is 16.8. The van der Waals surface area contributed by atoms with Crippen LogP contribution in [0.4, 0.5) is 0 Å². The van der Waals surface area contributed by atoms with E-state index >= 15 is 0 Å². The first kappa shape index (κ1) is 78.3. The molecule has 6 heteroatoms. The molecule has 0 aromatic rings. The summed E-state index contributed by atoms with van der Waals surface area (Å²) in [6.45, 7) is 6.43. The zero-order chi connectivity index (χ0) is 59.9. The Hall–Kier alpha value is -4.71. The predicted molar refractivity (Wildman–Crippen MR) is 362 cm³/mol. The molecule has 0 fully saturated rings. The molecule has 0 aromatic heterocycles. The molecule has 1 atom stereocenters. The van der Waals surface area contributed by atoms with Gasteiger partial charge in [-0.25, -0.2) is 0 Å². The van der Waals surface area contributed by atoms with E-state index in [2.05, 4.69) is 167 Å². The van der Waals surface area contributed by atoms with Crippen molar-refractivity contribution in [1.29, 1.82) is 0 Å². The van der Waals surface area contributed by atoms with E-state index in [1.54, 1.807) is 0 Å². The van der Waals surface area contributed by atoms with Crippen LogP contribution in [0.5, 0.6) is 0 Å². The van der Waals surface area contributed by atoms with Crippen molar-refractivity contribution in [2.75, 3.05) is 13.2 Å². The van der Waals surface area contributed by atoms with Gasteiger partial charge in [0.2, 0.25) is 0 Å². The highest BCUT2D eigenvalue weighted by Gasteiger charge is 2.19. The van der Waals surface area contributed by atoms with Gasteiger partial charge in [-0.05, 0) is 128 Å². The number of hydrogen-bond donors (Lipinski definition) is 0. The smallest absolute Gasteiger partial charge is 0.306 e. The number of ether oxygens (including phenoxy) is 3. The molecule has 6 nitrogen and oxygen atoms in total. The van der Waals surface area contributed by atoms with Gasteiger partial charge in [-0.3, -0.25) is 14.4 Å². The van der Waals surface area contributed by atoms with Crippen molar-refractivity contribution in [3.05, 3.63) is 146 Å². The van der Waals surface area contributed by atoms with Crippen LogP contribution in [0, 0.1) is 0 Å². The van der Waals surface area contributed by atoms with E-state index in [9.17, 15) is 14.4 Å². The number of unbranched alkanes of at least 4 members (excludes halogenated alkanes) is 26. The maximum Gasteiger partial charge on any atom is 0.306 e. The molecule has 0 saturated heterocycles. The van der Waals surface area contributed by atoms with Gasteiger partial charge >= 0.3 is 17.9 Å². The van der Waals surface area contributed by atoms with Gasteiger partial charge in [0.05, 0.1) is 0 Å². The first-order chi connectivity index (χ1) is 41.0. The highest BCUT2D eigenvalue weighted by molar-refractivity contribution is 5.71. The third-order valence-electron chi connectivity index (χ3n) is 14.3. The Morgan fingerprint density at radius 1 is 0.253 bits per heavy atom. The molecule has 0 aromatic carbocycles. The van der Waals surface area contributed by atoms with Gasteiger partial charge in [-0.2, -0.15) is 0 Å². The Morgan fingerprint density at radius 3 is 0.735 bits per heavy atom. The highest BCUT2D eigenvalue weighted by atomic mass is 16.6. The number of carbonyl (C=O) groups is 3. The van der Waals surface area contributed by atoms with Crippen LogP contribution in [-0.2, 0) is 28.6 Å². The largest absolute Gasteiger partial charge is 0.462 e. The minimum absolute atomic E-state index is 0.0866. The van der Waals surface area contributed by atoms with Crippen LogP contribution in [0.3, 0.4) is 0 Å². The molecule has 0 aliphatic rings. The SMILES string of the molecule is CC/C=C\C/C=C\C/C=C\C/C=C\C/C=C\C/C=C\C/C=C\C/C=C\C/C=C\CCCCCCCCCC(=O)OCC(COC(=O)CCCCCCC)OC(=O)CCCCCCCCCCCC/C=C\C/C=C\C/C=C\CCCCCCC. The summed E-state index contributed by atoms with van der Waals surface area (Å²) in [5.41, 5.74) is 0. The van der Waals surface area contributed by atoms with Gasteiger partial charge in [0.25, 0.3) is 0 Å². The molecule has 0 aliphatic heterocycles. The van der Waals surface area contributed by atoms with Crippen molar-refractivity contribution in [3.63, 3.8) is 0 Å². The zero-order valence-corrected chi connectivity index (χ0v) is 53.9. The minimum atomic E-state index is -0.787. The lowest BCUT2D eigenvalue weighted by Gasteiger charge is -2.18. The molecule has 0 spiro atoms. The average molecular weight is 1150 g/mol. The van der Waals surface area contributed by atoms with E-state index in [1.165, 1.54) is 122 Å². The van der Waals surface area contributed by atoms with Crippen LogP contribution < -0.4 is 0 Å². The molecular weight excluding hydrogens is 1020 g/mol. The second kappa shape index (κ2) is 69.8. The highest BCUT2D eigenvalue weighted by Crippen LogP contribution is 2.15. The molecule has 0 radical (unpaired) electrons. The van der Waals surface area contributed by atoms with Crippen molar-refractivity contribution in [3.8, 4) is 0 Å². The summed E-state index contributed by atoms with van der Waals surface area (Å²) >= 11 is 0. The summed E-state index contributed by atoms with van der Waals surface area (Å²) in [5.74, 6) is -0.914. The lowest BCUT2D eigenvalue weighted by molar-refractivity contribution is -0.167. The van der Waals surface area contributed by atoms with Crippen molar-refractivity contribution in [1.82, 2.24) is 0 Å². The normalized spacial score (nSPS) is 13.0. The summed E-state index contributed by atoms with van der Waals surface area (Å²) in [6, 6.07) is 0. The van der Waals surface area contributed by atoms with Crippen molar-refractivity contribution in [2.45, 2.75) is 309 Å². The van der Waals surface area contributed by atoms with Gasteiger partial charge < -0.3 is 14.2 Å². The summed E-state index contributed by atoms with van der Waals surface area (Å²) in [4.78, 5) is 38.0. The Labute approximate surface area is 512 Å². The van der Waals surface area contributed by atoms with Crippen molar-refractivity contribution >= 4 is 17.9 Å². The molecule has 0 heterocycles. The summed E-state index contributed by atoms with van der Waals surface area (Å²) in [5, 5.41) is 0. The molecule has 0 bridgehead atoms. The fourth-order valence-electron chi connectivity index (χ4n) is 9.21. The van der Waals surface area contributed by atoms with Crippen LogP contribution in [0.2, 0.25) is 0 Å². The maximum atomic E-state index is 12.9. The van der Waals surface area contributed by atoms with Gasteiger partial charge in [-0.1, -0.05) is 301 Å². The minimum Gasteiger partial charge on any atom is -0.462 e. The third kappa shape index (κ3) is 68.0. The van der Waals surface area contributed by atoms with Gasteiger partial charge in [0.1, 0.15) is 13.2 Å².